The van der Waals surface area contributed by atoms with E-state index in [4.69, 9.17) is 16.6 Å². The second kappa shape index (κ2) is 8.49. The Hall–Kier alpha value is -2.48. The largest absolute Gasteiger partial charge is 0.325 e. The Morgan fingerprint density at radius 3 is 2.62 bits per heavy atom. The maximum Gasteiger partial charge on any atom is 0.244 e. The Morgan fingerprint density at radius 1 is 1.14 bits per heavy atom. The summed E-state index contributed by atoms with van der Waals surface area (Å²) in [4.78, 5) is 32.8. The second-order valence-electron chi connectivity index (χ2n) is 6.36. The third-order valence-electron chi connectivity index (χ3n) is 4.33. The Kier molecular flexibility index (Phi) is 5.80. The summed E-state index contributed by atoms with van der Waals surface area (Å²) in [5.74, 6) is -0.470. The summed E-state index contributed by atoms with van der Waals surface area (Å²) in [6, 6.07) is 18.0. The number of carbonyl (C=O) groups is 2. The monoisotopic (exact) mass is 487 g/mol. The van der Waals surface area contributed by atoms with Crippen LogP contribution in [0.15, 0.2) is 69.4 Å². The zero-order chi connectivity index (χ0) is 20.4. The number of amides is 2. The van der Waals surface area contributed by atoms with Crippen LogP contribution in [0.3, 0.4) is 0 Å². The third kappa shape index (κ3) is 4.58. The lowest BCUT2D eigenvalue weighted by Gasteiger charge is -2.21. The first-order chi connectivity index (χ1) is 14.0. The molecular weight excluding hydrogens is 474 g/mol. The van der Waals surface area contributed by atoms with E-state index in [9.17, 15) is 9.59 Å². The normalized spacial score (nSPS) is 13.5. The van der Waals surface area contributed by atoms with E-state index in [1.165, 1.54) is 16.2 Å². The molecule has 8 heteroatoms. The van der Waals surface area contributed by atoms with Crippen LogP contribution in [0, 0.1) is 0 Å². The van der Waals surface area contributed by atoms with Gasteiger partial charge in [0, 0.05) is 10.7 Å². The minimum atomic E-state index is -0.294. The molecule has 2 heterocycles. The van der Waals surface area contributed by atoms with Gasteiger partial charge < -0.3 is 10.2 Å². The fraction of sp³-hybridized carbons (Fsp3) is 0.0952. The lowest BCUT2D eigenvalue weighted by atomic mass is 10.2. The number of rotatable bonds is 4. The number of nitrogens with zero attached hydrogens (tertiary/aromatic N) is 2. The van der Waals surface area contributed by atoms with Crippen LogP contribution in [0.2, 0.25) is 5.02 Å². The van der Waals surface area contributed by atoms with Crippen LogP contribution in [0.1, 0.15) is 11.3 Å². The maximum atomic E-state index is 13.0. The zero-order valence-corrected chi connectivity index (χ0v) is 18.2. The summed E-state index contributed by atoms with van der Waals surface area (Å²) < 4.78 is 0.972. The van der Waals surface area contributed by atoms with Crippen LogP contribution in [0.25, 0.3) is 0 Å². The minimum Gasteiger partial charge on any atom is -0.325 e. The molecular formula is C21H15BrClN3O2S. The van der Waals surface area contributed by atoms with Gasteiger partial charge in [0.2, 0.25) is 11.8 Å². The second-order valence-corrected chi connectivity index (χ2v) is 9.26. The smallest absolute Gasteiger partial charge is 0.244 e. The molecule has 0 bridgehead atoms. The van der Waals surface area contributed by atoms with E-state index in [1.54, 1.807) is 30.3 Å². The quantitative estimate of drug-likeness (QED) is 0.515. The molecule has 1 N–H and O–H groups in total. The van der Waals surface area contributed by atoms with Gasteiger partial charge in [-0.05, 0) is 64.5 Å². The van der Waals surface area contributed by atoms with Gasteiger partial charge >= 0.3 is 0 Å². The van der Waals surface area contributed by atoms with Gasteiger partial charge in [0.15, 0.2) is 0 Å². The molecule has 0 aliphatic carbocycles. The molecule has 2 aromatic carbocycles. The van der Waals surface area contributed by atoms with Crippen LogP contribution in [-0.2, 0) is 9.59 Å². The average molecular weight is 489 g/mol. The van der Waals surface area contributed by atoms with Crippen molar-refractivity contribution in [3.63, 3.8) is 0 Å². The van der Waals surface area contributed by atoms with Gasteiger partial charge in [-0.15, -0.1) is 11.3 Å². The average Bonchev–Trinajstić information content (AvgIpc) is 3.08. The molecule has 0 spiro atoms. The molecule has 1 aliphatic rings. The van der Waals surface area contributed by atoms with Crippen molar-refractivity contribution >= 4 is 73.5 Å². The number of nitrogens with one attached hydrogen (secondary N) is 1. The number of para-hydroxylation sites is 2. The number of benzene rings is 2. The molecule has 5 nitrogen and oxygen atoms in total. The lowest BCUT2D eigenvalue weighted by molar-refractivity contribution is -0.120. The number of aliphatic imine (C=N–C) groups is 1. The van der Waals surface area contributed by atoms with Gasteiger partial charge in [0.1, 0.15) is 6.54 Å². The molecule has 1 aliphatic heterocycles. The number of fused-ring (bicyclic) bond motifs is 1. The van der Waals surface area contributed by atoms with E-state index >= 15 is 0 Å². The van der Waals surface area contributed by atoms with E-state index in [-0.39, 0.29) is 24.8 Å². The first kappa shape index (κ1) is 19.8. The van der Waals surface area contributed by atoms with Crippen molar-refractivity contribution < 1.29 is 9.59 Å². The van der Waals surface area contributed by atoms with Crippen molar-refractivity contribution in [3.05, 3.63) is 74.3 Å². The Bertz CT molecular complexity index is 1110. The Morgan fingerprint density at radius 2 is 1.90 bits per heavy atom. The summed E-state index contributed by atoms with van der Waals surface area (Å²) in [7, 11) is 0. The van der Waals surface area contributed by atoms with Crippen LogP contribution in [-0.4, -0.2) is 24.1 Å². The number of anilines is 2. The summed E-state index contributed by atoms with van der Waals surface area (Å²) in [5.41, 5.74) is 2.60. The summed E-state index contributed by atoms with van der Waals surface area (Å²) in [5, 5.41) is 3.39. The van der Waals surface area contributed by atoms with Crippen LogP contribution < -0.4 is 10.2 Å². The van der Waals surface area contributed by atoms with Crippen molar-refractivity contribution in [1.29, 1.82) is 0 Å². The topological polar surface area (TPSA) is 61.8 Å². The fourth-order valence-electron chi connectivity index (χ4n) is 3.01. The number of thiophene rings is 1. The summed E-state index contributed by atoms with van der Waals surface area (Å²) >= 11 is 10.9. The molecule has 29 heavy (non-hydrogen) atoms. The zero-order valence-electron chi connectivity index (χ0n) is 15.1. The molecule has 146 valence electrons. The van der Waals surface area contributed by atoms with E-state index < -0.39 is 0 Å². The van der Waals surface area contributed by atoms with Crippen LogP contribution in [0.5, 0.6) is 0 Å². The minimum absolute atomic E-state index is 0.102. The molecule has 0 fully saturated rings. The predicted octanol–water partition coefficient (Wildman–Crippen LogP) is 5.66. The highest BCUT2D eigenvalue weighted by Crippen LogP contribution is 2.34. The highest BCUT2D eigenvalue weighted by atomic mass is 79.9. The molecule has 0 unspecified atom stereocenters. The van der Waals surface area contributed by atoms with Crippen molar-refractivity contribution in [2.45, 2.75) is 6.42 Å². The lowest BCUT2D eigenvalue weighted by Crippen LogP contribution is -2.38. The van der Waals surface area contributed by atoms with Gasteiger partial charge in [0.25, 0.3) is 0 Å². The van der Waals surface area contributed by atoms with Gasteiger partial charge in [-0.3, -0.25) is 9.59 Å². The molecule has 0 saturated heterocycles. The van der Waals surface area contributed by atoms with Crippen LogP contribution >= 0.6 is 38.9 Å². The SMILES string of the molecule is O=C(CN1C(=O)CC(c2ccc(Br)s2)=Nc2ccccc21)Nc1ccc(Cl)cc1. The molecule has 2 amide bonds. The number of halogens is 2. The Labute approximate surface area is 185 Å². The van der Waals surface area contributed by atoms with E-state index in [2.05, 4.69) is 21.2 Å². The van der Waals surface area contributed by atoms with E-state index in [0.717, 1.165) is 8.66 Å². The molecule has 0 saturated carbocycles. The molecule has 0 atom stereocenters. The summed E-state index contributed by atoms with van der Waals surface area (Å²) in [6.45, 7) is -0.102. The van der Waals surface area contributed by atoms with Crippen molar-refractivity contribution in [1.82, 2.24) is 0 Å². The maximum absolute atomic E-state index is 13.0. The highest BCUT2D eigenvalue weighted by molar-refractivity contribution is 9.11. The van der Waals surface area contributed by atoms with Gasteiger partial charge in [-0.25, -0.2) is 4.99 Å². The first-order valence-electron chi connectivity index (χ1n) is 8.78. The molecule has 3 aromatic rings. The molecule has 1 aromatic heterocycles. The van der Waals surface area contributed by atoms with Crippen molar-refractivity contribution in [2.24, 2.45) is 4.99 Å². The summed E-state index contributed by atoms with van der Waals surface area (Å²) in [6.07, 6.45) is 0.121. The van der Waals surface area contributed by atoms with Gasteiger partial charge in [-0.1, -0.05) is 23.7 Å². The fourth-order valence-corrected chi connectivity index (χ4v) is 4.51. The third-order valence-corrected chi connectivity index (χ3v) is 6.26. The van der Waals surface area contributed by atoms with E-state index in [1.807, 2.05) is 30.3 Å². The number of hydrogen-bond donors (Lipinski definition) is 1. The number of hydrogen-bond acceptors (Lipinski definition) is 4. The van der Waals surface area contributed by atoms with E-state index in [0.29, 0.717) is 27.8 Å². The Balaban J connectivity index is 1.59. The van der Waals surface area contributed by atoms with Gasteiger partial charge in [0.05, 0.1) is 32.2 Å². The number of carbonyl (C=O) groups excluding carboxylic acids is 2. The molecule has 4 rings (SSSR count). The highest BCUT2D eigenvalue weighted by Gasteiger charge is 2.27. The van der Waals surface area contributed by atoms with Crippen molar-refractivity contribution in [2.75, 3.05) is 16.8 Å². The van der Waals surface area contributed by atoms with Crippen molar-refractivity contribution in [3.8, 4) is 0 Å². The predicted molar refractivity (Wildman–Crippen MR) is 122 cm³/mol. The van der Waals surface area contributed by atoms with Crippen LogP contribution in [0.4, 0.5) is 17.1 Å². The first-order valence-corrected chi connectivity index (χ1v) is 10.8. The molecule has 0 radical (unpaired) electrons. The standard InChI is InChI=1S/C21H15BrClN3O2S/c22-19-10-9-18(29-19)16-11-21(28)26(17-4-2-1-3-15(17)25-16)12-20(27)24-14-7-5-13(23)6-8-14/h1-10H,11-12H2,(H,24,27). The van der Waals surface area contributed by atoms with Gasteiger partial charge in [-0.2, -0.15) is 0 Å².